The SMILES string of the molecule is CC1Cc2c(B(O)O)cccc2N1c1nc2c(c(NCc3cccc(F)c3)n1)CCCC2. The maximum absolute atomic E-state index is 13.6. The van der Waals surface area contributed by atoms with Gasteiger partial charge in [0.2, 0.25) is 5.95 Å². The second-order valence-corrected chi connectivity index (χ2v) is 8.63. The second kappa shape index (κ2) is 8.52. The minimum Gasteiger partial charge on any atom is -0.423 e. The standard InChI is InChI=1S/C24H26BFN4O2/c1-15-12-19-20(25(31)32)9-5-11-22(19)30(15)24-28-21-10-3-2-8-18(21)23(29-24)27-14-16-6-4-7-17(26)13-16/h4-7,9,11,13,15,31-32H,2-3,8,10,12,14H2,1H3,(H,27,28,29). The first kappa shape index (κ1) is 20.9. The number of nitrogens with one attached hydrogen (secondary N) is 1. The van der Waals surface area contributed by atoms with Gasteiger partial charge >= 0.3 is 7.12 Å². The van der Waals surface area contributed by atoms with E-state index in [1.54, 1.807) is 12.1 Å². The van der Waals surface area contributed by atoms with E-state index in [2.05, 4.69) is 17.1 Å². The number of nitrogens with zero attached hydrogens (tertiary/aromatic N) is 3. The van der Waals surface area contributed by atoms with Crippen molar-refractivity contribution in [1.82, 2.24) is 9.97 Å². The quantitative estimate of drug-likeness (QED) is 0.538. The van der Waals surface area contributed by atoms with E-state index in [4.69, 9.17) is 9.97 Å². The normalized spacial score (nSPS) is 17.1. The molecule has 8 heteroatoms. The Morgan fingerprint density at radius 2 is 1.91 bits per heavy atom. The summed E-state index contributed by atoms with van der Waals surface area (Å²) in [5.74, 6) is 1.16. The number of benzene rings is 2. The molecule has 1 aromatic heterocycles. The zero-order valence-corrected chi connectivity index (χ0v) is 18.1. The summed E-state index contributed by atoms with van der Waals surface area (Å²) < 4.78 is 13.6. The molecule has 5 rings (SSSR count). The second-order valence-electron chi connectivity index (χ2n) is 8.63. The highest BCUT2D eigenvalue weighted by atomic mass is 19.1. The lowest BCUT2D eigenvalue weighted by Gasteiger charge is -2.26. The molecule has 0 saturated carbocycles. The molecule has 3 N–H and O–H groups in total. The van der Waals surface area contributed by atoms with Crippen LogP contribution in [0.3, 0.4) is 0 Å². The van der Waals surface area contributed by atoms with E-state index < -0.39 is 7.12 Å². The number of hydrogen-bond donors (Lipinski definition) is 3. The van der Waals surface area contributed by atoms with Gasteiger partial charge in [-0.05, 0) is 73.8 Å². The Bertz CT molecular complexity index is 1160. The van der Waals surface area contributed by atoms with Crippen molar-refractivity contribution < 1.29 is 14.4 Å². The van der Waals surface area contributed by atoms with E-state index in [1.807, 2.05) is 18.2 Å². The van der Waals surface area contributed by atoms with Gasteiger partial charge in [0.1, 0.15) is 11.6 Å². The monoisotopic (exact) mass is 432 g/mol. The van der Waals surface area contributed by atoms with Crippen LogP contribution in [0.25, 0.3) is 0 Å². The van der Waals surface area contributed by atoms with E-state index in [-0.39, 0.29) is 11.9 Å². The van der Waals surface area contributed by atoms with Gasteiger partial charge in [-0.15, -0.1) is 0 Å². The van der Waals surface area contributed by atoms with Crippen molar-refractivity contribution in [3.05, 3.63) is 70.7 Å². The third-order valence-corrected chi connectivity index (χ3v) is 6.40. The summed E-state index contributed by atoms with van der Waals surface area (Å²) in [4.78, 5) is 11.9. The zero-order chi connectivity index (χ0) is 22.2. The van der Waals surface area contributed by atoms with Crippen LogP contribution >= 0.6 is 0 Å². The summed E-state index contributed by atoms with van der Waals surface area (Å²) in [7, 11) is -1.51. The molecule has 164 valence electrons. The number of aryl methyl sites for hydroxylation is 1. The minimum atomic E-state index is -1.51. The Balaban J connectivity index is 1.53. The van der Waals surface area contributed by atoms with E-state index >= 15 is 0 Å². The van der Waals surface area contributed by atoms with Crippen molar-refractivity contribution in [1.29, 1.82) is 0 Å². The molecule has 2 heterocycles. The number of rotatable bonds is 5. The lowest BCUT2D eigenvalue weighted by atomic mass is 9.76. The number of halogens is 1. The molecule has 1 atom stereocenters. The maximum Gasteiger partial charge on any atom is 0.488 e. The molecule has 0 amide bonds. The predicted molar refractivity (Wildman–Crippen MR) is 124 cm³/mol. The topological polar surface area (TPSA) is 81.5 Å². The van der Waals surface area contributed by atoms with Gasteiger partial charge in [-0.1, -0.05) is 24.3 Å². The Morgan fingerprint density at radius 3 is 2.72 bits per heavy atom. The van der Waals surface area contributed by atoms with Crippen LogP contribution in [-0.4, -0.2) is 33.2 Å². The molecule has 1 unspecified atom stereocenters. The Kier molecular flexibility index (Phi) is 5.57. The molecule has 0 fully saturated rings. The number of anilines is 3. The lowest BCUT2D eigenvalue weighted by molar-refractivity contribution is 0.425. The highest BCUT2D eigenvalue weighted by Gasteiger charge is 2.34. The highest BCUT2D eigenvalue weighted by Crippen LogP contribution is 2.38. The fourth-order valence-corrected chi connectivity index (χ4v) is 4.88. The highest BCUT2D eigenvalue weighted by molar-refractivity contribution is 6.59. The zero-order valence-electron chi connectivity index (χ0n) is 18.1. The van der Waals surface area contributed by atoms with Crippen molar-refractivity contribution in [2.75, 3.05) is 10.2 Å². The molecule has 0 bridgehead atoms. The molecule has 6 nitrogen and oxygen atoms in total. The van der Waals surface area contributed by atoms with Crippen LogP contribution in [0.4, 0.5) is 21.8 Å². The molecule has 0 radical (unpaired) electrons. The Morgan fingerprint density at radius 1 is 1.09 bits per heavy atom. The average molecular weight is 432 g/mol. The van der Waals surface area contributed by atoms with Gasteiger partial charge in [0, 0.05) is 23.8 Å². The molecule has 2 aliphatic rings. The van der Waals surface area contributed by atoms with E-state index in [0.29, 0.717) is 24.4 Å². The molecular formula is C24H26BFN4O2. The number of aromatic nitrogens is 2. The molecule has 2 aromatic carbocycles. The predicted octanol–water partition coefficient (Wildman–Crippen LogP) is 2.87. The minimum absolute atomic E-state index is 0.0857. The van der Waals surface area contributed by atoms with Crippen LogP contribution in [0, 0.1) is 5.82 Å². The van der Waals surface area contributed by atoms with Gasteiger partial charge in [-0.2, -0.15) is 4.98 Å². The fourth-order valence-electron chi connectivity index (χ4n) is 4.88. The third-order valence-electron chi connectivity index (χ3n) is 6.40. The molecule has 0 spiro atoms. The largest absolute Gasteiger partial charge is 0.488 e. The molecule has 0 saturated heterocycles. The van der Waals surface area contributed by atoms with Gasteiger partial charge in [-0.3, -0.25) is 0 Å². The summed E-state index contributed by atoms with van der Waals surface area (Å²) >= 11 is 0. The van der Waals surface area contributed by atoms with Gasteiger partial charge in [0.15, 0.2) is 0 Å². The summed E-state index contributed by atoms with van der Waals surface area (Å²) in [6.45, 7) is 2.57. The van der Waals surface area contributed by atoms with Crippen LogP contribution in [0.5, 0.6) is 0 Å². The Labute approximate surface area is 187 Å². The van der Waals surface area contributed by atoms with Gasteiger partial charge in [-0.25, -0.2) is 9.37 Å². The van der Waals surface area contributed by atoms with Crippen molar-refractivity contribution >= 4 is 30.0 Å². The number of fused-ring (bicyclic) bond motifs is 2. The van der Waals surface area contributed by atoms with E-state index in [0.717, 1.165) is 59.6 Å². The summed E-state index contributed by atoms with van der Waals surface area (Å²) in [5.41, 5.74) is 5.42. The smallest absolute Gasteiger partial charge is 0.423 e. The van der Waals surface area contributed by atoms with Gasteiger partial charge in [0.05, 0.1) is 5.69 Å². The van der Waals surface area contributed by atoms with Crippen molar-refractivity contribution in [3.63, 3.8) is 0 Å². The lowest BCUT2D eigenvalue weighted by Crippen LogP contribution is -2.32. The van der Waals surface area contributed by atoms with E-state index in [9.17, 15) is 14.4 Å². The van der Waals surface area contributed by atoms with Crippen molar-refractivity contribution in [3.8, 4) is 0 Å². The summed E-state index contributed by atoms with van der Waals surface area (Å²) in [6.07, 6.45) is 4.72. The fraction of sp³-hybridized carbons (Fsp3) is 0.333. The van der Waals surface area contributed by atoms with Crippen molar-refractivity contribution in [2.24, 2.45) is 0 Å². The van der Waals surface area contributed by atoms with Gasteiger partial charge in [0.25, 0.3) is 0 Å². The molecular weight excluding hydrogens is 406 g/mol. The van der Waals surface area contributed by atoms with Crippen LogP contribution in [-0.2, 0) is 25.8 Å². The molecule has 1 aliphatic carbocycles. The first-order valence-corrected chi connectivity index (χ1v) is 11.2. The van der Waals surface area contributed by atoms with Crippen LogP contribution in [0.1, 0.15) is 42.1 Å². The first-order valence-electron chi connectivity index (χ1n) is 11.2. The molecule has 3 aromatic rings. The average Bonchev–Trinajstić information content (AvgIpc) is 3.13. The van der Waals surface area contributed by atoms with Gasteiger partial charge < -0.3 is 20.3 Å². The van der Waals surface area contributed by atoms with Crippen LogP contribution in [0.2, 0.25) is 0 Å². The van der Waals surface area contributed by atoms with E-state index in [1.165, 1.54) is 12.1 Å². The molecule has 32 heavy (non-hydrogen) atoms. The Hall–Kier alpha value is -2.97. The van der Waals surface area contributed by atoms with Crippen LogP contribution < -0.4 is 15.7 Å². The summed E-state index contributed by atoms with van der Waals surface area (Å²) in [5, 5.41) is 23.0. The maximum atomic E-state index is 13.6. The first-order chi connectivity index (χ1) is 15.5. The molecule has 1 aliphatic heterocycles. The third kappa shape index (κ3) is 3.85. The van der Waals surface area contributed by atoms with Crippen molar-refractivity contribution in [2.45, 2.75) is 51.6 Å². The van der Waals surface area contributed by atoms with Crippen LogP contribution in [0.15, 0.2) is 42.5 Å². The number of hydrogen-bond acceptors (Lipinski definition) is 6. The summed E-state index contributed by atoms with van der Waals surface area (Å²) in [6, 6.07) is 12.2.